The number of benzene rings is 1. The minimum atomic E-state index is 0.105. The first kappa shape index (κ1) is 19.0. The first-order valence-electron chi connectivity index (χ1n) is 9.48. The first-order chi connectivity index (χ1) is 12.7. The Morgan fingerprint density at radius 3 is 2.77 bits per heavy atom. The molecular weight excluding hydrogens is 340 g/mol. The van der Waals surface area contributed by atoms with Crippen LogP contribution in [0.4, 0.5) is 0 Å². The Kier molecular flexibility index (Phi) is 6.73. The molecule has 0 atom stereocenters. The summed E-state index contributed by atoms with van der Waals surface area (Å²) in [6, 6.07) is 12.8. The highest BCUT2D eigenvalue weighted by Crippen LogP contribution is 2.39. The highest BCUT2D eigenvalue weighted by atomic mass is 32.2. The normalized spacial score (nSPS) is 16.2. The van der Waals surface area contributed by atoms with Gasteiger partial charge < -0.3 is 5.32 Å². The summed E-state index contributed by atoms with van der Waals surface area (Å²) >= 11 is 1.65. The summed E-state index contributed by atoms with van der Waals surface area (Å²) in [7, 11) is 0. The van der Waals surface area contributed by atoms with Crippen molar-refractivity contribution in [2.75, 3.05) is 12.3 Å². The van der Waals surface area contributed by atoms with E-state index in [1.165, 1.54) is 43.2 Å². The van der Waals surface area contributed by atoms with E-state index >= 15 is 0 Å². The molecule has 1 aliphatic rings. The van der Waals surface area contributed by atoms with Crippen LogP contribution in [0, 0.1) is 6.92 Å². The zero-order valence-corrected chi connectivity index (χ0v) is 16.4. The molecule has 4 heteroatoms. The molecule has 0 bridgehead atoms. The molecule has 2 aromatic rings. The van der Waals surface area contributed by atoms with Crippen LogP contribution in [0.1, 0.15) is 48.8 Å². The van der Waals surface area contributed by atoms with E-state index in [-0.39, 0.29) is 11.3 Å². The summed E-state index contributed by atoms with van der Waals surface area (Å²) in [5, 5.41) is 3.22. The van der Waals surface area contributed by atoms with Gasteiger partial charge >= 0.3 is 0 Å². The van der Waals surface area contributed by atoms with Crippen molar-refractivity contribution in [3.8, 4) is 0 Å². The van der Waals surface area contributed by atoms with E-state index < -0.39 is 0 Å². The standard InChI is InChI=1S/C22H28N2OS/c1-18-7-5-9-20(13-18)22(10-3-2-4-11-22)17-24-21(25)16-26-15-19-8-6-12-23-14-19/h5-9,12-14H,2-4,10-11,15-17H2,1H3,(H,24,25). The highest BCUT2D eigenvalue weighted by molar-refractivity contribution is 7.99. The predicted molar refractivity (Wildman–Crippen MR) is 109 cm³/mol. The lowest BCUT2D eigenvalue weighted by molar-refractivity contribution is -0.118. The lowest BCUT2D eigenvalue weighted by atomic mass is 9.69. The van der Waals surface area contributed by atoms with E-state index in [1.54, 1.807) is 18.0 Å². The van der Waals surface area contributed by atoms with Crippen LogP contribution < -0.4 is 5.32 Å². The van der Waals surface area contributed by atoms with Crippen LogP contribution in [-0.4, -0.2) is 23.2 Å². The lowest BCUT2D eigenvalue weighted by Crippen LogP contribution is -2.42. The van der Waals surface area contributed by atoms with Gasteiger partial charge in [-0.2, -0.15) is 0 Å². The second-order valence-electron chi connectivity index (χ2n) is 7.34. The van der Waals surface area contributed by atoms with E-state index in [4.69, 9.17) is 0 Å². The number of thioether (sulfide) groups is 1. The van der Waals surface area contributed by atoms with E-state index in [1.807, 2.05) is 18.3 Å². The number of amides is 1. The molecule has 1 aromatic heterocycles. The molecule has 3 nitrogen and oxygen atoms in total. The topological polar surface area (TPSA) is 42.0 Å². The molecule has 1 aliphatic carbocycles. The van der Waals surface area contributed by atoms with E-state index in [2.05, 4.69) is 41.5 Å². The largest absolute Gasteiger partial charge is 0.354 e. The molecule has 0 spiro atoms. The van der Waals surface area contributed by atoms with Gasteiger partial charge in [0.15, 0.2) is 0 Å². The minimum absolute atomic E-state index is 0.105. The quantitative estimate of drug-likeness (QED) is 0.774. The number of nitrogens with one attached hydrogen (secondary N) is 1. The Morgan fingerprint density at radius 1 is 1.19 bits per heavy atom. The number of carbonyl (C=O) groups is 1. The van der Waals surface area contributed by atoms with Gasteiger partial charge in [-0.15, -0.1) is 11.8 Å². The van der Waals surface area contributed by atoms with Crippen LogP contribution in [0.2, 0.25) is 0 Å². The maximum absolute atomic E-state index is 12.4. The third kappa shape index (κ3) is 5.10. The molecule has 1 aromatic carbocycles. The summed E-state index contributed by atoms with van der Waals surface area (Å²) < 4.78 is 0. The molecule has 1 N–H and O–H groups in total. The molecule has 26 heavy (non-hydrogen) atoms. The minimum Gasteiger partial charge on any atom is -0.354 e. The average Bonchev–Trinajstić information content (AvgIpc) is 2.68. The molecular formula is C22H28N2OS. The zero-order chi connectivity index (χ0) is 18.2. The van der Waals surface area contributed by atoms with Crippen LogP contribution in [0.3, 0.4) is 0 Å². The molecule has 138 valence electrons. The summed E-state index contributed by atoms with van der Waals surface area (Å²) in [5.74, 6) is 1.46. The van der Waals surface area contributed by atoms with Crippen molar-refractivity contribution in [2.45, 2.75) is 50.2 Å². The van der Waals surface area contributed by atoms with Gasteiger partial charge in [-0.25, -0.2) is 0 Å². The predicted octanol–water partition coefficient (Wildman–Crippen LogP) is 4.64. The molecule has 0 unspecified atom stereocenters. The van der Waals surface area contributed by atoms with Gasteiger partial charge in [0, 0.05) is 30.1 Å². The number of aromatic nitrogens is 1. The monoisotopic (exact) mass is 368 g/mol. The van der Waals surface area contributed by atoms with Gasteiger partial charge in [0.25, 0.3) is 0 Å². The van der Waals surface area contributed by atoms with Crippen molar-refractivity contribution in [1.29, 1.82) is 0 Å². The van der Waals surface area contributed by atoms with Crippen LogP contribution in [-0.2, 0) is 16.0 Å². The second kappa shape index (κ2) is 9.22. The van der Waals surface area contributed by atoms with Crippen LogP contribution >= 0.6 is 11.8 Å². The fraction of sp³-hybridized carbons (Fsp3) is 0.455. The Hall–Kier alpha value is -1.81. The van der Waals surface area contributed by atoms with Crippen molar-refractivity contribution in [3.05, 3.63) is 65.5 Å². The number of hydrogen-bond acceptors (Lipinski definition) is 3. The molecule has 1 saturated carbocycles. The number of carbonyl (C=O) groups excluding carboxylic acids is 1. The van der Waals surface area contributed by atoms with Gasteiger partial charge in [0.2, 0.25) is 5.91 Å². The third-order valence-corrected chi connectivity index (χ3v) is 6.29. The lowest BCUT2D eigenvalue weighted by Gasteiger charge is -2.38. The summed E-state index contributed by atoms with van der Waals surface area (Å²) in [4.78, 5) is 16.5. The smallest absolute Gasteiger partial charge is 0.230 e. The maximum Gasteiger partial charge on any atom is 0.230 e. The Labute approximate surface area is 161 Å². The van der Waals surface area contributed by atoms with Crippen LogP contribution in [0.5, 0.6) is 0 Å². The fourth-order valence-corrected chi connectivity index (χ4v) is 4.63. The Bertz CT molecular complexity index is 711. The van der Waals surface area contributed by atoms with Crippen LogP contribution in [0.15, 0.2) is 48.8 Å². The number of hydrogen-bond donors (Lipinski definition) is 1. The Morgan fingerprint density at radius 2 is 2.04 bits per heavy atom. The van der Waals surface area contributed by atoms with Crippen molar-refractivity contribution in [2.24, 2.45) is 0 Å². The third-order valence-electron chi connectivity index (χ3n) is 5.29. The molecule has 0 aliphatic heterocycles. The van der Waals surface area contributed by atoms with Gasteiger partial charge in [-0.3, -0.25) is 9.78 Å². The maximum atomic E-state index is 12.4. The fourth-order valence-electron chi connectivity index (χ4n) is 3.83. The average molecular weight is 369 g/mol. The van der Waals surface area contributed by atoms with Gasteiger partial charge in [-0.05, 0) is 37.0 Å². The molecule has 3 rings (SSSR count). The Balaban J connectivity index is 1.55. The van der Waals surface area contributed by atoms with Crippen molar-refractivity contribution in [3.63, 3.8) is 0 Å². The van der Waals surface area contributed by atoms with E-state index in [0.717, 1.165) is 17.9 Å². The van der Waals surface area contributed by atoms with Crippen molar-refractivity contribution in [1.82, 2.24) is 10.3 Å². The molecule has 1 amide bonds. The highest BCUT2D eigenvalue weighted by Gasteiger charge is 2.34. The molecule has 1 fully saturated rings. The van der Waals surface area contributed by atoms with Crippen molar-refractivity contribution >= 4 is 17.7 Å². The number of rotatable bonds is 7. The molecule has 0 saturated heterocycles. The first-order valence-corrected chi connectivity index (χ1v) is 10.6. The van der Waals surface area contributed by atoms with Gasteiger partial charge in [-0.1, -0.05) is 55.2 Å². The summed E-state index contributed by atoms with van der Waals surface area (Å²) in [6.45, 7) is 2.90. The molecule has 1 heterocycles. The van der Waals surface area contributed by atoms with Crippen molar-refractivity contribution < 1.29 is 4.79 Å². The van der Waals surface area contributed by atoms with Gasteiger partial charge in [0.05, 0.1) is 5.75 Å². The summed E-state index contributed by atoms with van der Waals surface area (Å²) in [5.41, 5.74) is 3.95. The number of nitrogens with zero attached hydrogens (tertiary/aromatic N) is 1. The number of pyridine rings is 1. The SMILES string of the molecule is Cc1cccc(C2(CNC(=O)CSCc3cccnc3)CCCCC2)c1. The molecule has 0 radical (unpaired) electrons. The van der Waals surface area contributed by atoms with E-state index in [9.17, 15) is 4.79 Å². The zero-order valence-electron chi connectivity index (χ0n) is 15.5. The number of aryl methyl sites for hydroxylation is 1. The summed E-state index contributed by atoms with van der Waals surface area (Å²) in [6.07, 6.45) is 9.77. The van der Waals surface area contributed by atoms with Crippen LogP contribution in [0.25, 0.3) is 0 Å². The van der Waals surface area contributed by atoms with Gasteiger partial charge in [0.1, 0.15) is 0 Å². The second-order valence-corrected chi connectivity index (χ2v) is 8.33. The van der Waals surface area contributed by atoms with E-state index in [0.29, 0.717) is 5.75 Å².